The van der Waals surface area contributed by atoms with Crippen LogP contribution >= 0.6 is 0 Å². The number of hydrogen-bond acceptors (Lipinski definition) is 4. The van der Waals surface area contributed by atoms with E-state index in [4.69, 9.17) is 4.74 Å². The lowest BCUT2D eigenvalue weighted by atomic mass is 9.96. The molecule has 118 valence electrons. The molecule has 2 aromatic rings. The SMILES string of the molecule is COCCNCc1c2c(nc3c(F)cccc13)CCN(C)C2. The van der Waals surface area contributed by atoms with Gasteiger partial charge in [0.2, 0.25) is 0 Å². The second-order valence-electron chi connectivity index (χ2n) is 5.81. The summed E-state index contributed by atoms with van der Waals surface area (Å²) in [6.07, 6.45) is 0.876. The van der Waals surface area contributed by atoms with Crippen LogP contribution in [0.4, 0.5) is 4.39 Å². The Labute approximate surface area is 130 Å². The lowest BCUT2D eigenvalue weighted by Crippen LogP contribution is -2.30. The third kappa shape index (κ3) is 2.97. The van der Waals surface area contributed by atoms with Crippen LogP contribution in [0.5, 0.6) is 0 Å². The minimum atomic E-state index is -0.239. The summed E-state index contributed by atoms with van der Waals surface area (Å²) in [5.41, 5.74) is 3.95. The first-order valence-corrected chi connectivity index (χ1v) is 7.67. The fraction of sp³-hybridized carbons (Fsp3) is 0.471. The number of benzene rings is 1. The van der Waals surface area contributed by atoms with E-state index in [9.17, 15) is 4.39 Å². The molecule has 1 aliphatic rings. The summed E-state index contributed by atoms with van der Waals surface area (Å²) in [6, 6.07) is 5.21. The summed E-state index contributed by atoms with van der Waals surface area (Å²) in [5.74, 6) is -0.239. The Balaban J connectivity index is 2.04. The highest BCUT2D eigenvalue weighted by Gasteiger charge is 2.21. The summed E-state index contributed by atoms with van der Waals surface area (Å²) in [7, 11) is 3.80. The van der Waals surface area contributed by atoms with Gasteiger partial charge < -0.3 is 15.0 Å². The van der Waals surface area contributed by atoms with Crippen molar-refractivity contribution in [1.82, 2.24) is 15.2 Å². The number of methoxy groups -OCH3 is 1. The first-order valence-electron chi connectivity index (χ1n) is 7.67. The fourth-order valence-electron chi connectivity index (χ4n) is 3.04. The maximum absolute atomic E-state index is 14.1. The van der Waals surface area contributed by atoms with Crippen LogP contribution in [0.1, 0.15) is 16.8 Å². The molecular weight excluding hydrogens is 281 g/mol. The molecule has 0 spiro atoms. The van der Waals surface area contributed by atoms with Crippen LogP contribution < -0.4 is 5.32 Å². The molecule has 0 bridgehead atoms. The summed E-state index contributed by atoms with van der Waals surface area (Å²) < 4.78 is 19.2. The lowest BCUT2D eigenvalue weighted by Gasteiger charge is -2.27. The molecule has 0 radical (unpaired) electrons. The van der Waals surface area contributed by atoms with Crippen molar-refractivity contribution in [3.8, 4) is 0 Å². The van der Waals surface area contributed by atoms with E-state index >= 15 is 0 Å². The van der Waals surface area contributed by atoms with Crippen molar-refractivity contribution in [2.24, 2.45) is 0 Å². The second kappa shape index (κ2) is 6.69. The van der Waals surface area contributed by atoms with E-state index in [1.54, 1.807) is 13.2 Å². The maximum atomic E-state index is 14.1. The molecule has 0 aliphatic carbocycles. The molecule has 0 fully saturated rings. The van der Waals surface area contributed by atoms with Gasteiger partial charge in [0, 0.05) is 50.8 Å². The molecule has 0 saturated heterocycles. The van der Waals surface area contributed by atoms with Crippen molar-refractivity contribution >= 4 is 10.9 Å². The van der Waals surface area contributed by atoms with Gasteiger partial charge in [-0.1, -0.05) is 12.1 Å². The molecule has 0 unspecified atom stereocenters. The van der Waals surface area contributed by atoms with Gasteiger partial charge in [-0.05, 0) is 24.2 Å². The lowest BCUT2D eigenvalue weighted by molar-refractivity contribution is 0.199. The van der Waals surface area contributed by atoms with Gasteiger partial charge >= 0.3 is 0 Å². The van der Waals surface area contributed by atoms with E-state index in [2.05, 4.69) is 22.2 Å². The molecule has 1 aromatic heterocycles. The number of fused-ring (bicyclic) bond motifs is 2. The Morgan fingerprint density at radius 2 is 2.27 bits per heavy atom. The average Bonchev–Trinajstić information content (AvgIpc) is 2.52. The zero-order valence-electron chi connectivity index (χ0n) is 13.2. The first-order chi connectivity index (χ1) is 10.7. The number of aromatic nitrogens is 1. The Morgan fingerprint density at radius 3 is 3.09 bits per heavy atom. The van der Waals surface area contributed by atoms with Gasteiger partial charge in [-0.15, -0.1) is 0 Å². The Morgan fingerprint density at radius 1 is 1.41 bits per heavy atom. The summed E-state index contributed by atoms with van der Waals surface area (Å²) in [4.78, 5) is 6.89. The Hall–Kier alpha value is -1.56. The Bertz CT molecular complexity index is 674. The number of pyridine rings is 1. The molecule has 0 saturated carbocycles. The minimum absolute atomic E-state index is 0.239. The standard InChI is InChI=1S/C17H22FN3O/c1-21-8-6-16-14(11-21)13(10-19-7-9-22-2)12-4-3-5-15(18)17(12)20-16/h3-5,19H,6-11H2,1-2H3. The second-order valence-corrected chi connectivity index (χ2v) is 5.81. The van der Waals surface area contributed by atoms with E-state index in [0.717, 1.165) is 37.1 Å². The normalized spacial score (nSPS) is 15.2. The molecule has 3 rings (SSSR count). The third-order valence-electron chi connectivity index (χ3n) is 4.21. The van der Waals surface area contributed by atoms with Crippen LogP contribution in [0.15, 0.2) is 18.2 Å². The van der Waals surface area contributed by atoms with Gasteiger partial charge in [-0.25, -0.2) is 9.37 Å². The molecule has 4 nitrogen and oxygen atoms in total. The number of para-hydroxylation sites is 1. The van der Waals surface area contributed by atoms with E-state index in [0.29, 0.717) is 18.7 Å². The quantitative estimate of drug-likeness (QED) is 0.858. The zero-order valence-corrected chi connectivity index (χ0v) is 13.2. The van der Waals surface area contributed by atoms with Gasteiger partial charge in [0.05, 0.1) is 6.61 Å². The van der Waals surface area contributed by atoms with E-state index < -0.39 is 0 Å². The summed E-state index contributed by atoms with van der Waals surface area (Å²) >= 11 is 0. The molecule has 0 atom stereocenters. The molecular formula is C17H22FN3O. The smallest absolute Gasteiger partial charge is 0.149 e. The largest absolute Gasteiger partial charge is 0.383 e. The van der Waals surface area contributed by atoms with Crippen LogP contribution in [0.25, 0.3) is 10.9 Å². The number of likely N-dealkylation sites (N-methyl/N-ethyl adjacent to an activating group) is 1. The molecule has 1 N–H and O–H groups in total. The van der Waals surface area contributed by atoms with Crippen LogP contribution in [-0.2, 0) is 24.2 Å². The predicted octanol–water partition coefficient (Wildman–Crippen LogP) is 2.10. The van der Waals surface area contributed by atoms with Crippen molar-refractivity contribution in [2.45, 2.75) is 19.5 Å². The number of hydrogen-bond donors (Lipinski definition) is 1. The highest BCUT2D eigenvalue weighted by molar-refractivity contribution is 5.84. The van der Waals surface area contributed by atoms with Crippen molar-refractivity contribution < 1.29 is 9.13 Å². The molecule has 22 heavy (non-hydrogen) atoms. The molecule has 0 amide bonds. The fourth-order valence-corrected chi connectivity index (χ4v) is 3.04. The monoisotopic (exact) mass is 303 g/mol. The zero-order chi connectivity index (χ0) is 15.5. The number of nitrogens with one attached hydrogen (secondary N) is 1. The van der Waals surface area contributed by atoms with Crippen molar-refractivity contribution in [2.75, 3.05) is 33.9 Å². The van der Waals surface area contributed by atoms with Gasteiger partial charge in [0.25, 0.3) is 0 Å². The average molecular weight is 303 g/mol. The molecule has 2 heterocycles. The molecule has 1 aromatic carbocycles. The van der Waals surface area contributed by atoms with E-state index in [1.807, 2.05) is 6.07 Å². The van der Waals surface area contributed by atoms with Crippen LogP contribution in [0, 0.1) is 5.82 Å². The van der Waals surface area contributed by atoms with Crippen molar-refractivity contribution in [3.63, 3.8) is 0 Å². The number of ether oxygens (including phenoxy) is 1. The predicted molar refractivity (Wildman–Crippen MR) is 85.3 cm³/mol. The summed E-state index contributed by atoms with van der Waals surface area (Å²) in [6.45, 7) is 3.99. The summed E-state index contributed by atoms with van der Waals surface area (Å²) in [5, 5.41) is 4.30. The topological polar surface area (TPSA) is 37.4 Å². The van der Waals surface area contributed by atoms with Crippen LogP contribution in [0.2, 0.25) is 0 Å². The highest BCUT2D eigenvalue weighted by Crippen LogP contribution is 2.28. The minimum Gasteiger partial charge on any atom is -0.383 e. The molecule has 1 aliphatic heterocycles. The van der Waals surface area contributed by atoms with Gasteiger partial charge in [-0.3, -0.25) is 0 Å². The Kier molecular flexibility index (Phi) is 4.66. The van der Waals surface area contributed by atoms with Crippen LogP contribution in [0.3, 0.4) is 0 Å². The van der Waals surface area contributed by atoms with Crippen LogP contribution in [-0.4, -0.2) is 43.7 Å². The van der Waals surface area contributed by atoms with Crippen molar-refractivity contribution in [1.29, 1.82) is 0 Å². The van der Waals surface area contributed by atoms with Gasteiger partial charge in [-0.2, -0.15) is 0 Å². The number of halogens is 1. The maximum Gasteiger partial charge on any atom is 0.149 e. The van der Waals surface area contributed by atoms with Gasteiger partial charge in [0.15, 0.2) is 0 Å². The third-order valence-corrected chi connectivity index (χ3v) is 4.21. The number of rotatable bonds is 5. The van der Waals surface area contributed by atoms with E-state index in [1.165, 1.54) is 17.2 Å². The first kappa shape index (κ1) is 15.3. The number of nitrogens with zero attached hydrogens (tertiary/aromatic N) is 2. The van der Waals surface area contributed by atoms with Gasteiger partial charge in [0.1, 0.15) is 11.3 Å². The van der Waals surface area contributed by atoms with E-state index in [-0.39, 0.29) is 5.82 Å². The highest BCUT2D eigenvalue weighted by atomic mass is 19.1. The van der Waals surface area contributed by atoms with Crippen molar-refractivity contribution in [3.05, 3.63) is 40.8 Å². The molecule has 5 heteroatoms.